The van der Waals surface area contributed by atoms with Gasteiger partial charge in [-0.05, 0) is 53.7 Å². The Bertz CT molecular complexity index is 1400. The summed E-state index contributed by atoms with van der Waals surface area (Å²) in [4.78, 5) is 28.6. The zero-order valence-electron chi connectivity index (χ0n) is 16.5. The third-order valence-corrected chi connectivity index (χ3v) is 5.52. The van der Waals surface area contributed by atoms with Crippen LogP contribution in [0, 0.1) is 4.77 Å². The molecule has 5 nitrogen and oxygen atoms in total. The van der Waals surface area contributed by atoms with E-state index in [0.29, 0.717) is 27.8 Å². The van der Waals surface area contributed by atoms with E-state index in [1.54, 1.807) is 24.3 Å². The van der Waals surface area contributed by atoms with E-state index in [0.717, 1.165) is 16.3 Å². The second kappa shape index (κ2) is 8.08. The van der Waals surface area contributed by atoms with Crippen LogP contribution < -0.4 is 10.9 Å². The second-order valence-electron chi connectivity index (χ2n) is 7.16. The first kappa shape index (κ1) is 19.8. The molecule has 0 bridgehead atoms. The molecule has 1 heterocycles. The van der Waals surface area contributed by atoms with Gasteiger partial charge >= 0.3 is 0 Å². The number of allylic oxidation sites excluding steroid dienone is 1. The highest BCUT2D eigenvalue weighted by atomic mass is 32.1. The van der Waals surface area contributed by atoms with Gasteiger partial charge in [-0.3, -0.25) is 14.2 Å². The molecule has 0 aliphatic heterocycles. The topological polar surface area (TPSA) is 66.9 Å². The van der Waals surface area contributed by atoms with Crippen molar-refractivity contribution in [3.05, 3.63) is 99.6 Å². The normalized spacial score (nSPS) is 12.0. The fourth-order valence-corrected chi connectivity index (χ4v) is 3.94. The Morgan fingerprint density at radius 1 is 1.17 bits per heavy atom. The maximum atomic E-state index is 12.9. The Labute approximate surface area is 178 Å². The average Bonchev–Trinajstić information content (AvgIpc) is 2.75. The molecule has 4 rings (SSSR count). The van der Waals surface area contributed by atoms with Crippen LogP contribution in [0.1, 0.15) is 28.9 Å². The summed E-state index contributed by atoms with van der Waals surface area (Å²) in [5, 5.41) is 5.77. The molecule has 2 N–H and O–H groups in total. The van der Waals surface area contributed by atoms with E-state index in [9.17, 15) is 9.59 Å². The molecule has 4 aromatic rings. The highest BCUT2D eigenvalue weighted by molar-refractivity contribution is 7.71. The van der Waals surface area contributed by atoms with Crippen LogP contribution in [0.5, 0.6) is 0 Å². The van der Waals surface area contributed by atoms with Crippen molar-refractivity contribution in [1.29, 1.82) is 0 Å². The Kier molecular flexibility index (Phi) is 5.33. The standard InChI is InChI=1S/C24H21N3O2S/c1-3-13-27-23(29)20-12-11-17(14-21(20)26-24(27)30)22(28)25-15(2)18-10-6-8-16-7-4-5-9-19(16)18/h3-12,14-15H,1,13H2,2H3,(H,25,28)(H,26,30). The summed E-state index contributed by atoms with van der Waals surface area (Å²) in [5.74, 6) is -0.216. The summed E-state index contributed by atoms with van der Waals surface area (Å²) in [6.07, 6.45) is 1.62. The Morgan fingerprint density at radius 3 is 2.73 bits per heavy atom. The predicted octanol–water partition coefficient (Wildman–Crippen LogP) is 4.89. The van der Waals surface area contributed by atoms with Gasteiger partial charge in [-0.15, -0.1) is 6.58 Å². The lowest BCUT2D eigenvalue weighted by Gasteiger charge is -2.17. The first-order valence-corrected chi connectivity index (χ1v) is 10.1. The molecule has 1 atom stereocenters. The molecule has 0 spiro atoms. The number of carbonyl (C=O) groups excluding carboxylic acids is 1. The zero-order valence-corrected chi connectivity index (χ0v) is 17.3. The monoisotopic (exact) mass is 415 g/mol. The molecule has 1 unspecified atom stereocenters. The lowest BCUT2D eigenvalue weighted by Crippen LogP contribution is -2.27. The molecule has 0 radical (unpaired) electrons. The Balaban J connectivity index is 1.66. The first-order chi connectivity index (χ1) is 14.5. The number of aromatic amines is 1. The van der Waals surface area contributed by atoms with E-state index >= 15 is 0 Å². The van der Waals surface area contributed by atoms with Gasteiger partial charge in [0.2, 0.25) is 0 Å². The third kappa shape index (κ3) is 3.57. The van der Waals surface area contributed by atoms with Crippen molar-refractivity contribution in [3.63, 3.8) is 0 Å². The van der Waals surface area contributed by atoms with Gasteiger partial charge in [0, 0.05) is 12.1 Å². The number of aromatic nitrogens is 2. The van der Waals surface area contributed by atoms with Crippen molar-refractivity contribution >= 4 is 39.8 Å². The van der Waals surface area contributed by atoms with Gasteiger partial charge < -0.3 is 10.3 Å². The number of hydrogen-bond donors (Lipinski definition) is 2. The molecule has 6 heteroatoms. The van der Waals surface area contributed by atoms with Crippen LogP contribution in [0.25, 0.3) is 21.7 Å². The molecular weight excluding hydrogens is 394 g/mol. The van der Waals surface area contributed by atoms with Crippen molar-refractivity contribution in [1.82, 2.24) is 14.9 Å². The molecule has 0 aliphatic carbocycles. The summed E-state index contributed by atoms with van der Waals surface area (Å²) in [7, 11) is 0. The smallest absolute Gasteiger partial charge is 0.262 e. The number of amides is 1. The van der Waals surface area contributed by atoms with Crippen LogP contribution in [0.3, 0.4) is 0 Å². The molecule has 1 aromatic heterocycles. The maximum Gasteiger partial charge on any atom is 0.262 e. The van der Waals surface area contributed by atoms with Crippen LogP contribution in [-0.2, 0) is 6.54 Å². The minimum absolute atomic E-state index is 0.182. The fourth-order valence-electron chi connectivity index (χ4n) is 3.68. The van der Waals surface area contributed by atoms with E-state index in [1.807, 2.05) is 31.2 Å². The number of benzene rings is 3. The summed E-state index contributed by atoms with van der Waals surface area (Å²) in [5.41, 5.74) is 1.84. The number of carbonyl (C=O) groups is 1. The Morgan fingerprint density at radius 2 is 1.93 bits per heavy atom. The van der Waals surface area contributed by atoms with Crippen molar-refractivity contribution in [2.75, 3.05) is 0 Å². The average molecular weight is 416 g/mol. The number of H-pyrrole nitrogens is 1. The Hall–Kier alpha value is -3.51. The number of hydrogen-bond acceptors (Lipinski definition) is 3. The lowest BCUT2D eigenvalue weighted by atomic mass is 9.99. The van der Waals surface area contributed by atoms with Crippen molar-refractivity contribution in [3.8, 4) is 0 Å². The van der Waals surface area contributed by atoms with Crippen LogP contribution in [0.2, 0.25) is 0 Å². The third-order valence-electron chi connectivity index (χ3n) is 5.19. The largest absolute Gasteiger partial charge is 0.345 e. The molecule has 1 amide bonds. The summed E-state index contributed by atoms with van der Waals surface area (Å²) >= 11 is 5.28. The SMILES string of the molecule is C=CCn1c(=S)[nH]c2cc(C(=O)NC(C)c3cccc4ccccc34)ccc2c1=O. The van der Waals surface area contributed by atoms with Crippen molar-refractivity contribution < 1.29 is 4.79 Å². The predicted molar refractivity (Wildman–Crippen MR) is 123 cm³/mol. The van der Waals surface area contributed by atoms with E-state index in [-0.39, 0.29) is 17.5 Å². The second-order valence-corrected chi connectivity index (χ2v) is 7.55. The van der Waals surface area contributed by atoms with Crippen LogP contribution >= 0.6 is 12.2 Å². The minimum Gasteiger partial charge on any atom is -0.345 e. The van der Waals surface area contributed by atoms with Gasteiger partial charge in [0.15, 0.2) is 4.77 Å². The minimum atomic E-state index is -0.216. The number of rotatable bonds is 5. The molecule has 150 valence electrons. The highest BCUT2D eigenvalue weighted by Gasteiger charge is 2.15. The lowest BCUT2D eigenvalue weighted by molar-refractivity contribution is 0.0940. The number of nitrogens with one attached hydrogen (secondary N) is 2. The van der Waals surface area contributed by atoms with E-state index in [2.05, 4.69) is 35.1 Å². The quantitative estimate of drug-likeness (QED) is 0.360. The molecule has 30 heavy (non-hydrogen) atoms. The van der Waals surface area contributed by atoms with E-state index < -0.39 is 0 Å². The van der Waals surface area contributed by atoms with Gasteiger partial charge in [0.25, 0.3) is 11.5 Å². The molecule has 0 fully saturated rings. The molecular formula is C24H21N3O2S. The van der Waals surface area contributed by atoms with Crippen molar-refractivity contribution in [2.45, 2.75) is 19.5 Å². The van der Waals surface area contributed by atoms with Gasteiger partial charge in [-0.2, -0.15) is 0 Å². The van der Waals surface area contributed by atoms with Gasteiger partial charge in [0.1, 0.15) is 0 Å². The number of nitrogens with zero attached hydrogens (tertiary/aromatic N) is 1. The zero-order chi connectivity index (χ0) is 21.3. The summed E-state index contributed by atoms with van der Waals surface area (Å²) in [6, 6.07) is 19.0. The fraction of sp³-hybridized carbons (Fsp3) is 0.125. The van der Waals surface area contributed by atoms with E-state index in [4.69, 9.17) is 12.2 Å². The van der Waals surface area contributed by atoms with Crippen LogP contribution in [0.4, 0.5) is 0 Å². The van der Waals surface area contributed by atoms with Gasteiger partial charge in [-0.25, -0.2) is 0 Å². The molecule has 0 saturated carbocycles. The van der Waals surface area contributed by atoms with Crippen LogP contribution in [-0.4, -0.2) is 15.5 Å². The van der Waals surface area contributed by atoms with E-state index in [1.165, 1.54) is 4.57 Å². The molecule has 3 aromatic carbocycles. The van der Waals surface area contributed by atoms with Gasteiger partial charge in [-0.1, -0.05) is 48.5 Å². The summed E-state index contributed by atoms with van der Waals surface area (Å²) < 4.78 is 1.74. The summed E-state index contributed by atoms with van der Waals surface area (Å²) in [6.45, 7) is 5.94. The van der Waals surface area contributed by atoms with Crippen molar-refractivity contribution in [2.24, 2.45) is 0 Å². The molecule has 0 saturated heterocycles. The first-order valence-electron chi connectivity index (χ1n) is 9.66. The number of fused-ring (bicyclic) bond motifs is 2. The van der Waals surface area contributed by atoms with Gasteiger partial charge in [0.05, 0.1) is 16.9 Å². The highest BCUT2D eigenvalue weighted by Crippen LogP contribution is 2.24. The molecule has 0 aliphatic rings. The maximum absolute atomic E-state index is 12.9. The van der Waals surface area contributed by atoms with Crippen LogP contribution in [0.15, 0.2) is 78.1 Å².